The maximum absolute atomic E-state index is 13.8. The highest BCUT2D eigenvalue weighted by atomic mass is 19.1. The average Bonchev–Trinajstić information content (AvgIpc) is 2.75. The number of urea groups is 1. The number of anilines is 1. The number of methoxy groups -OCH3 is 1. The number of hydrogen-bond donors (Lipinski definition) is 2. The molecule has 1 heterocycles. The van der Waals surface area contributed by atoms with E-state index in [9.17, 15) is 14.0 Å². The Morgan fingerprint density at radius 3 is 2.61 bits per heavy atom. The van der Waals surface area contributed by atoms with Crippen molar-refractivity contribution in [2.24, 2.45) is 5.92 Å². The molecule has 1 aliphatic heterocycles. The average molecular weight is 428 g/mol. The number of carbonyl (C=O) groups is 2. The number of amides is 3. The molecule has 2 N–H and O–H groups in total. The summed E-state index contributed by atoms with van der Waals surface area (Å²) >= 11 is 0. The summed E-state index contributed by atoms with van der Waals surface area (Å²) in [5.41, 5.74) is 2.13. The lowest BCUT2D eigenvalue weighted by Gasteiger charge is -2.38. The van der Waals surface area contributed by atoms with Crippen LogP contribution >= 0.6 is 0 Å². The highest BCUT2D eigenvalue weighted by molar-refractivity contribution is 5.93. The van der Waals surface area contributed by atoms with Crippen molar-refractivity contribution in [2.45, 2.75) is 39.2 Å². The molecule has 0 radical (unpaired) electrons. The summed E-state index contributed by atoms with van der Waals surface area (Å²) in [5, 5.41) is 5.85. The number of halogens is 1. The first-order valence-electron chi connectivity index (χ1n) is 10.5. The second-order valence-electron chi connectivity index (χ2n) is 8.37. The molecule has 2 aromatic rings. The summed E-state index contributed by atoms with van der Waals surface area (Å²) in [6.07, 6.45) is 0.576. The van der Waals surface area contributed by atoms with Gasteiger partial charge < -0.3 is 20.3 Å². The Balaban J connectivity index is 1.82. The molecule has 0 saturated carbocycles. The Morgan fingerprint density at radius 1 is 1.16 bits per heavy atom. The Bertz CT molecular complexity index is 947. The number of hydrogen-bond acceptors (Lipinski definition) is 3. The van der Waals surface area contributed by atoms with Crippen LogP contribution in [0.2, 0.25) is 0 Å². The largest absolute Gasteiger partial charge is 0.497 e. The standard InChI is InChI=1S/C24H30FN3O3/c1-15(2)26-24(30)28-13-18(17-8-9-22(25)16(3)10-17)11-19(14-28)23(29)27-20-6-5-7-21(12-20)31-4/h5-10,12,15,18-19H,11,13-14H2,1-4H3,(H,26,30)(H,27,29). The molecule has 1 fully saturated rings. The molecule has 0 aromatic heterocycles. The normalized spacial score (nSPS) is 18.6. The summed E-state index contributed by atoms with van der Waals surface area (Å²) in [4.78, 5) is 27.5. The molecule has 31 heavy (non-hydrogen) atoms. The van der Waals surface area contributed by atoms with E-state index < -0.39 is 5.92 Å². The molecule has 3 rings (SSSR count). The predicted octanol–water partition coefficient (Wildman–Crippen LogP) is 4.30. The fourth-order valence-electron chi connectivity index (χ4n) is 3.90. The summed E-state index contributed by atoms with van der Waals surface area (Å²) in [7, 11) is 1.57. The number of benzene rings is 2. The van der Waals surface area contributed by atoms with Gasteiger partial charge in [0.05, 0.1) is 13.0 Å². The highest BCUT2D eigenvalue weighted by Gasteiger charge is 2.35. The number of piperidine rings is 1. The molecule has 0 aliphatic carbocycles. The van der Waals surface area contributed by atoms with Crippen molar-refractivity contribution in [3.8, 4) is 5.75 Å². The fraction of sp³-hybridized carbons (Fsp3) is 0.417. The molecule has 166 valence electrons. The van der Waals surface area contributed by atoms with Crippen LogP contribution in [0.4, 0.5) is 14.9 Å². The van der Waals surface area contributed by atoms with Gasteiger partial charge in [-0.2, -0.15) is 0 Å². The maximum atomic E-state index is 13.8. The van der Waals surface area contributed by atoms with Crippen molar-refractivity contribution >= 4 is 17.6 Å². The van der Waals surface area contributed by atoms with Crippen molar-refractivity contribution in [3.05, 3.63) is 59.4 Å². The van der Waals surface area contributed by atoms with Gasteiger partial charge in [0.2, 0.25) is 5.91 Å². The first-order chi connectivity index (χ1) is 14.8. The van der Waals surface area contributed by atoms with Crippen LogP contribution in [0.15, 0.2) is 42.5 Å². The minimum Gasteiger partial charge on any atom is -0.497 e. The van der Waals surface area contributed by atoms with E-state index in [1.54, 1.807) is 49.3 Å². The Morgan fingerprint density at radius 2 is 1.94 bits per heavy atom. The summed E-state index contributed by atoms with van der Waals surface area (Å²) in [5.74, 6) is -0.222. The number of aryl methyl sites for hydroxylation is 1. The fourth-order valence-corrected chi connectivity index (χ4v) is 3.90. The van der Waals surface area contributed by atoms with Gasteiger partial charge in [-0.05, 0) is 56.5 Å². The van der Waals surface area contributed by atoms with Crippen LogP contribution in [0, 0.1) is 18.7 Å². The minimum absolute atomic E-state index is 0.00926. The van der Waals surface area contributed by atoms with Crippen molar-refractivity contribution in [3.63, 3.8) is 0 Å². The third-order valence-corrected chi connectivity index (χ3v) is 5.51. The molecule has 2 atom stereocenters. The topological polar surface area (TPSA) is 70.7 Å². The number of ether oxygens (including phenoxy) is 1. The zero-order chi connectivity index (χ0) is 22.5. The molecule has 0 spiro atoms. The van der Waals surface area contributed by atoms with Gasteiger partial charge in [-0.3, -0.25) is 4.79 Å². The Labute approximate surface area is 182 Å². The van der Waals surface area contributed by atoms with Gasteiger partial charge in [0, 0.05) is 36.8 Å². The SMILES string of the molecule is COc1cccc(NC(=O)C2CC(c3ccc(F)c(C)c3)CN(C(=O)NC(C)C)C2)c1. The minimum atomic E-state index is -0.395. The third-order valence-electron chi connectivity index (χ3n) is 5.51. The monoisotopic (exact) mass is 427 g/mol. The van der Waals surface area contributed by atoms with E-state index in [-0.39, 0.29) is 29.7 Å². The van der Waals surface area contributed by atoms with E-state index in [1.807, 2.05) is 19.9 Å². The van der Waals surface area contributed by atoms with Crippen LogP contribution in [0.1, 0.15) is 37.3 Å². The van der Waals surface area contributed by atoms with Gasteiger partial charge in [0.15, 0.2) is 0 Å². The van der Waals surface area contributed by atoms with E-state index in [0.29, 0.717) is 36.5 Å². The lowest BCUT2D eigenvalue weighted by Crippen LogP contribution is -2.51. The first-order valence-corrected chi connectivity index (χ1v) is 10.5. The molecule has 2 unspecified atom stereocenters. The number of nitrogens with zero attached hydrogens (tertiary/aromatic N) is 1. The molecular formula is C24H30FN3O3. The quantitative estimate of drug-likeness (QED) is 0.747. The first kappa shape index (κ1) is 22.6. The lowest BCUT2D eigenvalue weighted by molar-refractivity contribution is -0.121. The van der Waals surface area contributed by atoms with Crippen LogP contribution in [-0.2, 0) is 4.79 Å². The van der Waals surface area contributed by atoms with Gasteiger partial charge in [0.1, 0.15) is 11.6 Å². The second-order valence-corrected chi connectivity index (χ2v) is 8.37. The molecule has 3 amide bonds. The number of rotatable bonds is 5. The summed E-state index contributed by atoms with van der Waals surface area (Å²) in [6.45, 7) is 6.32. The molecule has 1 saturated heterocycles. The molecular weight excluding hydrogens is 397 g/mol. The molecule has 0 bridgehead atoms. The molecule has 6 nitrogen and oxygen atoms in total. The molecule has 2 aromatic carbocycles. The van der Waals surface area contributed by atoms with Crippen molar-refractivity contribution in [1.29, 1.82) is 0 Å². The zero-order valence-corrected chi connectivity index (χ0v) is 18.4. The van der Waals surface area contributed by atoms with Crippen LogP contribution in [-0.4, -0.2) is 43.1 Å². The molecule has 1 aliphatic rings. The summed E-state index contributed by atoms with van der Waals surface area (Å²) < 4.78 is 19.0. The smallest absolute Gasteiger partial charge is 0.317 e. The van der Waals surface area contributed by atoms with Crippen LogP contribution < -0.4 is 15.4 Å². The van der Waals surface area contributed by atoms with Gasteiger partial charge >= 0.3 is 6.03 Å². The number of carbonyl (C=O) groups excluding carboxylic acids is 2. The number of nitrogens with one attached hydrogen (secondary N) is 2. The third kappa shape index (κ3) is 5.75. The van der Waals surface area contributed by atoms with E-state index in [1.165, 1.54) is 6.07 Å². The Hall–Kier alpha value is -3.09. The van der Waals surface area contributed by atoms with Gasteiger partial charge in [-0.1, -0.05) is 18.2 Å². The van der Waals surface area contributed by atoms with Gasteiger partial charge in [-0.25, -0.2) is 9.18 Å². The van der Waals surface area contributed by atoms with E-state index >= 15 is 0 Å². The zero-order valence-electron chi connectivity index (χ0n) is 18.4. The van der Waals surface area contributed by atoms with Gasteiger partial charge in [0.25, 0.3) is 0 Å². The highest BCUT2D eigenvalue weighted by Crippen LogP contribution is 2.32. The van der Waals surface area contributed by atoms with Crippen molar-refractivity contribution in [1.82, 2.24) is 10.2 Å². The van der Waals surface area contributed by atoms with E-state index in [4.69, 9.17) is 4.74 Å². The van der Waals surface area contributed by atoms with Crippen LogP contribution in [0.3, 0.4) is 0 Å². The van der Waals surface area contributed by atoms with E-state index in [0.717, 1.165) is 5.56 Å². The van der Waals surface area contributed by atoms with Crippen molar-refractivity contribution < 1.29 is 18.7 Å². The van der Waals surface area contributed by atoms with Crippen LogP contribution in [0.25, 0.3) is 0 Å². The second kappa shape index (κ2) is 9.81. The summed E-state index contributed by atoms with van der Waals surface area (Å²) in [6, 6.07) is 12.0. The maximum Gasteiger partial charge on any atom is 0.317 e. The van der Waals surface area contributed by atoms with Crippen LogP contribution in [0.5, 0.6) is 5.75 Å². The predicted molar refractivity (Wildman–Crippen MR) is 119 cm³/mol. The van der Waals surface area contributed by atoms with Gasteiger partial charge in [-0.15, -0.1) is 0 Å². The van der Waals surface area contributed by atoms with E-state index in [2.05, 4.69) is 10.6 Å². The number of likely N-dealkylation sites (tertiary alicyclic amines) is 1. The Kier molecular flexibility index (Phi) is 7.15. The lowest BCUT2D eigenvalue weighted by atomic mass is 9.83. The molecule has 7 heteroatoms. The van der Waals surface area contributed by atoms with Crippen molar-refractivity contribution in [2.75, 3.05) is 25.5 Å².